The summed E-state index contributed by atoms with van der Waals surface area (Å²) >= 11 is 0. The van der Waals surface area contributed by atoms with Gasteiger partial charge in [-0.1, -0.05) is 0 Å². The van der Waals surface area contributed by atoms with Gasteiger partial charge in [-0.15, -0.1) is 0 Å². The molecule has 1 N–H and O–H groups in total. The smallest absolute Gasteiger partial charge is 0.264 e. The molecule has 1 fully saturated rings. The topological polar surface area (TPSA) is 74.7 Å². The van der Waals surface area contributed by atoms with Gasteiger partial charge in [-0.05, 0) is 19.8 Å². The molecule has 0 aromatic rings. The van der Waals surface area contributed by atoms with Gasteiger partial charge in [-0.3, -0.25) is 4.79 Å². The normalized spacial score (nSPS) is 24.0. The molecular formula is C7H13NO4S. The van der Waals surface area contributed by atoms with Crippen LogP contribution in [0.1, 0.15) is 19.8 Å². The molecule has 0 saturated carbocycles. The van der Waals surface area contributed by atoms with Gasteiger partial charge >= 0.3 is 0 Å². The molecule has 1 unspecified atom stereocenters. The average Bonchev–Trinajstić information content (AvgIpc) is 2.02. The van der Waals surface area contributed by atoms with Gasteiger partial charge in [0.2, 0.25) is 10.0 Å². The molecule has 1 amide bonds. The Hall–Kier alpha value is -0.620. The largest absolute Gasteiger partial charge is 0.384 e. The van der Waals surface area contributed by atoms with Crippen LogP contribution in [0.4, 0.5) is 0 Å². The van der Waals surface area contributed by atoms with E-state index in [1.807, 2.05) is 0 Å². The Labute approximate surface area is 77.4 Å². The Bertz CT molecular complexity index is 296. The second-order valence-corrected chi connectivity index (χ2v) is 5.12. The lowest BCUT2D eigenvalue weighted by Gasteiger charge is -2.27. The van der Waals surface area contributed by atoms with E-state index in [9.17, 15) is 13.2 Å². The molecule has 1 heterocycles. The summed E-state index contributed by atoms with van der Waals surface area (Å²) in [6.45, 7) is 1.47. The van der Waals surface area contributed by atoms with Crippen molar-refractivity contribution < 1.29 is 18.3 Å². The molecule has 6 heteroatoms. The third-order valence-corrected chi connectivity index (χ3v) is 3.79. The summed E-state index contributed by atoms with van der Waals surface area (Å²) in [4.78, 5) is 11.2. The number of carbonyl (C=O) groups excluding carboxylic acids is 1. The predicted octanol–water partition coefficient (Wildman–Crippen LogP) is -0.681. The second-order valence-electron chi connectivity index (χ2n) is 3.11. The van der Waals surface area contributed by atoms with Crippen LogP contribution in [0.15, 0.2) is 0 Å². The maximum absolute atomic E-state index is 11.3. The molecule has 13 heavy (non-hydrogen) atoms. The Morgan fingerprint density at radius 1 is 1.46 bits per heavy atom. The van der Waals surface area contributed by atoms with E-state index in [0.29, 0.717) is 12.8 Å². The number of rotatable bonds is 1. The zero-order valence-electron chi connectivity index (χ0n) is 7.43. The number of nitrogens with zero attached hydrogens (tertiary/aromatic N) is 1. The predicted molar refractivity (Wildman–Crippen MR) is 46.4 cm³/mol. The fourth-order valence-corrected chi connectivity index (χ4v) is 2.87. The number of hydrogen-bond acceptors (Lipinski definition) is 4. The van der Waals surface area contributed by atoms with Crippen LogP contribution in [0.25, 0.3) is 0 Å². The number of amides is 1. The molecule has 0 aromatic heterocycles. The van der Waals surface area contributed by atoms with Crippen LogP contribution in [0.5, 0.6) is 0 Å². The maximum atomic E-state index is 11.3. The van der Waals surface area contributed by atoms with E-state index >= 15 is 0 Å². The lowest BCUT2D eigenvalue weighted by atomic mass is 10.3. The molecule has 1 aliphatic rings. The van der Waals surface area contributed by atoms with Crippen molar-refractivity contribution in [3.8, 4) is 0 Å². The van der Waals surface area contributed by atoms with Crippen molar-refractivity contribution in [3.05, 3.63) is 0 Å². The fraction of sp³-hybridized carbons (Fsp3) is 0.857. The van der Waals surface area contributed by atoms with Crippen molar-refractivity contribution in [2.45, 2.75) is 25.9 Å². The highest BCUT2D eigenvalue weighted by Gasteiger charge is 2.31. The summed E-state index contributed by atoms with van der Waals surface area (Å²) in [5, 5.41) is 8.95. The van der Waals surface area contributed by atoms with Crippen molar-refractivity contribution in [3.63, 3.8) is 0 Å². The van der Waals surface area contributed by atoms with E-state index in [1.54, 1.807) is 0 Å². The number of aliphatic hydroxyl groups excluding tert-OH is 1. The standard InChI is InChI=1S/C7H13NO4S/c1-6(9)7(10)8-4-2-3-5-13(8,11)12/h6,9H,2-5H2,1H3. The summed E-state index contributed by atoms with van der Waals surface area (Å²) in [5.41, 5.74) is 0. The number of hydrogen-bond donors (Lipinski definition) is 1. The summed E-state index contributed by atoms with van der Waals surface area (Å²) in [7, 11) is -3.44. The summed E-state index contributed by atoms with van der Waals surface area (Å²) < 4.78 is 23.4. The number of sulfonamides is 1. The Balaban J connectivity index is 2.84. The molecule has 0 aromatic carbocycles. The molecule has 0 bridgehead atoms. The third-order valence-electron chi connectivity index (χ3n) is 1.95. The maximum Gasteiger partial charge on any atom is 0.264 e. The lowest BCUT2D eigenvalue weighted by Crippen LogP contribution is -2.46. The van der Waals surface area contributed by atoms with Crippen LogP contribution >= 0.6 is 0 Å². The van der Waals surface area contributed by atoms with E-state index in [4.69, 9.17) is 5.11 Å². The van der Waals surface area contributed by atoms with Gasteiger partial charge in [0.1, 0.15) is 6.10 Å². The van der Waals surface area contributed by atoms with Crippen LogP contribution in [-0.2, 0) is 14.8 Å². The van der Waals surface area contributed by atoms with Crippen molar-refractivity contribution in [1.82, 2.24) is 4.31 Å². The van der Waals surface area contributed by atoms with Crippen LogP contribution in [0, 0.1) is 0 Å². The van der Waals surface area contributed by atoms with Crippen molar-refractivity contribution in [2.75, 3.05) is 12.3 Å². The first-order chi connectivity index (χ1) is 5.95. The van der Waals surface area contributed by atoms with Gasteiger partial charge in [-0.25, -0.2) is 12.7 Å². The van der Waals surface area contributed by atoms with Crippen LogP contribution in [0.3, 0.4) is 0 Å². The van der Waals surface area contributed by atoms with E-state index in [1.165, 1.54) is 6.92 Å². The molecule has 0 spiro atoms. The second kappa shape index (κ2) is 3.63. The van der Waals surface area contributed by atoms with E-state index in [2.05, 4.69) is 0 Å². The first-order valence-electron chi connectivity index (χ1n) is 4.17. The van der Waals surface area contributed by atoms with Crippen LogP contribution in [-0.4, -0.2) is 42.1 Å². The van der Waals surface area contributed by atoms with Gasteiger partial charge < -0.3 is 5.11 Å². The highest BCUT2D eigenvalue weighted by Crippen LogP contribution is 2.14. The Morgan fingerprint density at radius 2 is 2.08 bits per heavy atom. The quantitative estimate of drug-likeness (QED) is 0.618. The van der Waals surface area contributed by atoms with Crippen molar-refractivity contribution in [2.24, 2.45) is 0 Å². The molecular weight excluding hydrogens is 194 g/mol. The SMILES string of the molecule is CC(O)C(=O)N1CCCCS1(=O)=O. The average molecular weight is 207 g/mol. The molecule has 76 valence electrons. The molecule has 1 saturated heterocycles. The van der Waals surface area contributed by atoms with Gasteiger partial charge in [-0.2, -0.15) is 0 Å². The fourth-order valence-electron chi connectivity index (χ4n) is 1.24. The zero-order chi connectivity index (χ0) is 10.1. The van der Waals surface area contributed by atoms with E-state index < -0.39 is 22.0 Å². The Morgan fingerprint density at radius 3 is 2.54 bits per heavy atom. The van der Waals surface area contributed by atoms with Gasteiger partial charge in [0.15, 0.2) is 0 Å². The minimum atomic E-state index is -3.44. The van der Waals surface area contributed by atoms with E-state index in [-0.39, 0.29) is 12.3 Å². The molecule has 1 atom stereocenters. The van der Waals surface area contributed by atoms with E-state index in [0.717, 1.165) is 4.31 Å². The Kier molecular flexibility index (Phi) is 2.92. The number of aliphatic hydroxyl groups is 1. The first-order valence-corrected chi connectivity index (χ1v) is 5.78. The minimum Gasteiger partial charge on any atom is -0.384 e. The molecule has 1 rings (SSSR count). The van der Waals surface area contributed by atoms with Crippen LogP contribution < -0.4 is 0 Å². The van der Waals surface area contributed by atoms with Crippen LogP contribution in [0.2, 0.25) is 0 Å². The molecule has 0 aliphatic carbocycles. The summed E-state index contributed by atoms with van der Waals surface area (Å²) in [5.74, 6) is -0.717. The lowest BCUT2D eigenvalue weighted by molar-refractivity contribution is -0.134. The molecule has 1 aliphatic heterocycles. The highest BCUT2D eigenvalue weighted by atomic mass is 32.2. The molecule has 0 radical (unpaired) electrons. The number of carbonyl (C=O) groups is 1. The zero-order valence-corrected chi connectivity index (χ0v) is 8.25. The van der Waals surface area contributed by atoms with Gasteiger partial charge in [0, 0.05) is 6.54 Å². The monoisotopic (exact) mass is 207 g/mol. The minimum absolute atomic E-state index is 0.00542. The van der Waals surface area contributed by atoms with Gasteiger partial charge in [0.25, 0.3) is 5.91 Å². The third kappa shape index (κ3) is 2.19. The first kappa shape index (κ1) is 10.5. The summed E-state index contributed by atoms with van der Waals surface area (Å²) in [6, 6.07) is 0. The van der Waals surface area contributed by atoms with Gasteiger partial charge in [0.05, 0.1) is 5.75 Å². The highest BCUT2D eigenvalue weighted by molar-refractivity contribution is 7.89. The molecule has 5 nitrogen and oxygen atoms in total. The summed E-state index contributed by atoms with van der Waals surface area (Å²) in [6.07, 6.45) is 0.0248. The van der Waals surface area contributed by atoms with Crippen molar-refractivity contribution in [1.29, 1.82) is 0 Å². The van der Waals surface area contributed by atoms with Crippen molar-refractivity contribution >= 4 is 15.9 Å².